The van der Waals surface area contributed by atoms with Gasteiger partial charge in [0, 0.05) is 23.3 Å². The fourth-order valence-electron chi connectivity index (χ4n) is 2.95. The molecule has 3 aromatic rings. The van der Waals surface area contributed by atoms with Crippen LogP contribution in [0.4, 0.5) is 5.69 Å². The highest BCUT2D eigenvalue weighted by molar-refractivity contribution is 8.15. The maximum absolute atomic E-state index is 9.16. The van der Waals surface area contributed by atoms with Crippen LogP contribution < -0.4 is 9.46 Å². The molecule has 4 rings (SSSR count). The summed E-state index contributed by atoms with van der Waals surface area (Å²) in [7, 11) is 0. The number of anilines is 1. The van der Waals surface area contributed by atoms with Crippen molar-refractivity contribution in [3.63, 3.8) is 0 Å². The molecule has 0 saturated carbocycles. The van der Waals surface area contributed by atoms with Crippen LogP contribution in [0.3, 0.4) is 0 Å². The van der Waals surface area contributed by atoms with Gasteiger partial charge in [0.2, 0.25) is 0 Å². The van der Waals surface area contributed by atoms with Crippen LogP contribution in [0, 0.1) is 0 Å². The van der Waals surface area contributed by atoms with Gasteiger partial charge in [-0.15, -0.1) is 11.3 Å². The Hall–Kier alpha value is -1.73. The van der Waals surface area contributed by atoms with E-state index in [1.165, 1.54) is 4.21 Å². The molecule has 1 aliphatic rings. The van der Waals surface area contributed by atoms with E-state index in [9.17, 15) is 0 Å². The Bertz CT molecular complexity index is 963. The van der Waals surface area contributed by atoms with Crippen LogP contribution in [0.25, 0.3) is 10.9 Å². The van der Waals surface area contributed by atoms with E-state index in [0.29, 0.717) is 11.0 Å². The number of hydrogen-bond donors (Lipinski definition) is 4. The number of thioether (sulfide) groups is 1. The molecule has 2 aromatic heterocycles. The van der Waals surface area contributed by atoms with Crippen LogP contribution in [-0.2, 0) is 0 Å². The van der Waals surface area contributed by atoms with Gasteiger partial charge in [-0.1, -0.05) is 32.7 Å². The third-order valence-corrected chi connectivity index (χ3v) is 7.37. The molecule has 1 atom stereocenters. The molecule has 0 spiro atoms. The zero-order chi connectivity index (χ0) is 19.3. The molecule has 11 heteroatoms. The van der Waals surface area contributed by atoms with Crippen LogP contribution in [0.5, 0.6) is 5.75 Å². The number of nitrogens with one attached hydrogen (secondary N) is 2. The van der Waals surface area contributed by atoms with Crippen LogP contribution in [-0.4, -0.2) is 62.8 Å². The van der Waals surface area contributed by atoms with Crippen molar-refractivity contribution in [1.82, 2.24) is 4.98 Å². The van der Waals surface area contributed by atoms with Crippen molar-refractivity contribution in [2.24, 2.45) is 4.99 Å². The summed E-state index contributed by atoms with van der Waals surface area (Å²) in [5.74, 6) is 0.709. The number of benzene rings is 1. The summed E-state index contributed by atoms with van der Waals surface area (Å²) in [6, 6.07) is 10.1. The van der Waals surface area contributed by atoms with E-state index in [-0.39, 0.29) is 45.6 Å². The number of thiophene rings is 1. The molecule has 0 fully saturated rings. The molecular weight excluding hydrogens is 470 g/mol. The molecule has 1 aromatic carbocycles. The van der Waals surface area contributed by atoms with Gasteiger partial charge in [0.05, 0.1) is 34.3 Å². The average molecular weight is 504 g/mol. The van der Waals surface area contributed by atoms with E-state index in [2.05, 4.69) is 26.8 Å². The van der Waals surface area contributed by atoms with Gasteiger partial charge in [-0.25, -0.2) is 0 Å². The molecule has 0 saturated heterocycles. The summed E-state index contributed by atoms with van der Waals surface area (Å²) in [4.78, 5) is 8.13. The maximum Gasteiger partial charge on any atom is 0.122 e. The van der Waals surface area contributed by atoms with Gasteiger partial charge < -0.3 is 35.6 Å². The second-order valence-electron chi connectivity index (χ2n) is 6.22. The molecule has 0 aliphatic carbocycles. The van der Waals surface area contributed by atoms with Gasteiger partial charge in [0.15, 0.2) is 0 Å². The molecule has 0 amide bonds. The number of aromatic amines is 1. The number of ether oxygens (including phenoxy) is 1. The minimum absolute atomic E-state index is 0. The molecule has 1 aliphatic heterocycles. The zero-order valence-corrected chi connectivity index (χ0v) is 18.5. The SMILES string of the molecule is C.C.O.O.OCCOc1cc(NSc2cccs2)c2[nH]c(C3=NCC(CCO)S3)cc2c1. The normalized spacial score (nSPS) is 14.4. The van der Waals surface area contributed by atoms with Crippen LogP contribution in [0.1, 0.15) is 27.0 Å². The van der Waals surface area contributed by atoms with Crippen LogP contribution in [0.15, 0.2) is 44.9 Å². The number of fused-ring (bicyclic) bond motifs is 1. The van der Waals surface area contributed by atoms with Gasteiger partial charge in [-0.3, -0.25) is 4.99 Å². The Labute approximate surface area is 201 Å². The highest BCUT2D eigenvalue weighted by atomic mass is 32.2. The number of rotatable bonds is 9. The third-order valence-electron chi connectivity index (χ3n) is 4.22. The summed E-state index contributed by atoms with van der Waals surface area (Å²) in [5, 5.41) is 22.6. The predicted molar refractivity (Wildman–Crippen MR) is 140 cm³/mol. The van der Waals surface area contributed by atoms with Crippen LogP contribution in [0.2, 0.25) is 0 Å². The first kappa shape index (κ1) is 30.3. The number of aliphatic imine (C=N–C) groups is 1. The first-order valence-electron chi connectivity index (χ1n) is 8.96. The van der Waals surface area contributed by atoms with Crippen molar-refractivity contribution < 1.29 is 25.9 Å². The highest BCUT2D eigenvalue weighted by Gasteiger charge is 2.22. The molecule has 8 nitrogen and oxygen atoms in total. The second-order valence-corrected chi connectivity index (χ2v) is 9.57. The van der Waals surface area contributed by atoms with E-state index < -0.39 is 0 Å². The molecule has 3 heterocycles. The van der Waals surface area contributed by atoms with E-state index in [1.807, 2.05) is 23.6 Å². The van der Waals surface area contributed by atoms with Gasteiger partial charge in [0.25, 0.3) is 0 Å². The minimum atomic E-state index is -0.0250. The first-order chi connectivity index (χ1) is 13.8. The second kappa shape index (κ2) is 14.4. The summed E-state index contributed by atoms with van der Waals surface area (Å²) >= 11 is 4.94. The summed E-state index contributed by atoms with van der Waals surface area (Å²) < 4.78 is 10.2. The molecule has 180 valence electrons. The van der Waals surface area contributed by atoms with Crippen molar-refractivity contribution in [2.45, 2.75) is 30.7 Å². The molecule has 0 radical (unpaired) electrons. The lowest BCUT2D eigenvalue weighted by Gasteiger charge is -2.10. The number of aliphatic hydroxyl groups is 2. The monoisotopic (exact) mass is 503 g/mol. The number of aliphatic hydroxyl groups excluding tert-OH is 2. The van der Waals surface area contributed by atoms with E-state index in [4.69, 9.17) is 14.9 Å². The van der Waals surface area contributed by atoms with Gasteiger partial charge >= 0.3 is 0 Å². The fraction of sp³-hybridized carbons (Fsp3) is 0.381. The van der Waals surface area contributed by atoms with E-state index >= 15 is 0 Å². The Morgan fingerprint density at radius 2 is 2.00 bits per heavy atom. The lowest BCUT2D eigenvalue weighted by Crippen LogP contribution is -2.05. The topological polar surface area (TPSA) is 153 Å². The maximum atomic E-state index is 9.16. The lowest BCUT2D eigenvalue weighted by molar-refractivity contribution is 0.201. The van der Waals surface area contributed by atoms with Gasteiger partial charge in [-0.05, 0) is 41.9 Å². The predicted octanol–water partition coefficient (Wildman–Crippen LogP) is 3.59. The van der Waals surface area contributed by atoms with Crippen molar-refractivity contribution in [3.05, 3.63) is 41.4 Å². The fourth-order valence-corrected chi connectivity index (χ4v) is 5.47. The van der Waals surface area contributed by atoms with Gasteiger partial charge in [0.1, 0.15) is 17.4 Å². The van der Waals surface area contributed by atoms with E-state index in [0.717, 1.165) is 40.3 Å². The number of aromatic nitrogens is 1. The Kier molecular flexibility index (Phi) is 13.6. The first-order valence-corrected chi connectivity index (χ1v) is 11.5. The molecule has 8 N–H and O–H groups in total. The summed E-state index contributed by atoms with van der Waals surface area (Å²) in [6.07, 6.45) is 0.751. The lowest BCUT2D eigenvalue weighted by atomic mass is 10.2. The standard InChI is InChI=1S/C19H21N3O3S3.2CH4.2H2O/c23-4-3-14-11-20-19(27-14)16-9-12-8-13(25-6-5-24)10-15(18(12)21-16)22-28-17-2-1-7-26-17;;;;/h1-2,7-10,14,21-24H,3-6,11H2;2*1H4;2*1H2. The van der Waals surface area contributed by atoms with Crippen molar-refractivity contribution in [3.8, 4) is 5.75 Å². The van der Waals surface area contributed by atoms with Gasteiger partial charge in [-0.2, -0.15) is 0 Å². The van der Waals surface area contributed by atoms with Crippen molar-refractivity contribution in [1.29, 1.82) is 0 Å². The number of H-pyrrole nitrogens is 1. The smallest absolute Gasteiger partial charge is 0.122 e. The zero-order valence-electron chi connectivity index (χ0n) is 16.1. The number of nitrogens with zero attached hydrogens (tertiary/aromatic N) is 1. The quantitative estimate of drug-likeness (QED) is 0.327. The average Bonchev–Trinajstić information content (AvgIpc) is 3.44. The largest absolute Gasteiger partial charge is 0.491 e. The van der Waals surface area contributed by atoms with Crippen molar-refractivity contribution >= 4 is 56.7 Å². The van der Waals surface area contributed by atoms with Crippen LogP contribution >= 0.6 is 35.0 Å². The third kappa shape index (κ3) is 7.14. The molecule has 1 unspecified atom stereocenters. The Morgan fingerprint density at radius 1 is 1.19 bits per heavy atom. The molecular formula is C21H33N3O5S3. The molecule has 0 bridgehead atoms. The summed E-state index contributed by atoms with van der Waals surface area (Å²) in [5.41, 5.74) is 2.89. The Balaban J connectivity index is 0.00000240. The van der Waals surface area contributed by atoms with Crippen molar-refractivity contribution in [2.75, 3.05) is 31.1 Å². The summed E-state index contributed by atoms with van der Waals surface area (Å²) in [6.45, 7) is 1.15. The molecule has 32 heavy (non-hydrogen) atoms. The number of hydrogen-bond acceptors (Lipinski definition) is 8. The highest BCUT2D eigenvalue weighted by Crippen LogP contribution is 2.36. The minimum Gasteiger partial charge on any atom is -0.491 e. The van der Waals surface area contributed by atoms with E-state index in [1.54, 1.807) is 35.0 Å². The Morgan fingerprint density at radius 3 is 2.69 bits per heavy atom.